The molecule has 0 aliphatic rings. The number of para-hydroxylation sites is 1. The highest BCUT2D eigenvalue weighted by molar-refractivity contribution is 5.95. The summed E-state index contributed by atoms with van der Waals surface area (Å²) < 4.78 is 5.27. The highest BCUT2D eigenvalue weighted by atomic mass is 16.5. The van der Waals surface area contributed by atoms with Crippen molar-refractivity contribution in [2.24, 2.45) is 0 Å². The van der Waals surface area contributed by atoms with E-state index < -0.39 is 0 Å². The van der Waals surface area contributed by atoms with Crippen molar-refractivity contribution in [1.29, 1.82) is 0 Å². The van der Waals surface area contributed by atoms with Gasteiger partial charge in [0.2, 0.25) is 11.9 Å². The predicted octanol–water partition coefficient (Wildman–Crippen LogP) is 4.92. The van der Waals surface area contributed by atoms with Crippen LogP contribution < -0.4 is 10.1 Å². The third-order valence-corrected chi connectivity index (χ3v) is 5.53. The van der Waals surface area contributed by atoms with Crippen LogP contribution in [0.15, 0.2) is 72.8 Å². The van der Waals surface area contributed by atoms with E-state index in [0.717, 1.165) is 33.0 Å². The van der Waals surface area contributed by atoms with Gasteiger partial charge in [-0.15, -0.1) is 5.10 Å². The van der Waals surface area contributed by atoms with E-state index in [1.807, 2.05) is 79.7 Å². The summed E-state index contributed by atoms with van der Waals surface area (Å²) in [5.74, 6) is 0.963. The first-order valence-corrected chi connectivity index (χ1v) is 10.3. The van der Waals surface area contributed by atoms with Crippen LogP contribution in [-0.4, -0.2) is 33.2 Å². The zero-order valence-electron chi connectivity index (χ0n) is 17.7. The second kappa shape index (κ2) is 8.11. The van der Waals surface area contributed by atoms with E-state index in [2.05, 4.69) is 25.5 Å². The molecule has 0 aliphatic carbocycles. The first-order chi connectivity index (χ1) is 15.6. The lowest BCUT2D eigenvalue weighted by Crippen LogP contribution is -2.19. The molecule has 0 bridgehead atoms. The molecule has 0 fully saturated rings. The van der Waals surface area contributed by atoms with Gasteiger partial charge in [0, 0.05) is 5.39 Å². The van der Waals surface area contributed by atoms with Gasteiger partial charge in [0.15, 0.2) is 5.82 Å². The fourth-order valence-corrected chi connectivity index (χ4v) is 3.64. The molecule has 3 aromatic carbocycles. The minimum Gasteiger partial charge on any atom is -0.497 e. The van der Waals surface area contributed by atoms with Gasteiger partial charge in [-0.25, -0.2) is 4.98 Å². The Balaban J connectivity index is 1.33. The number of nitrogens with one attached hydrogen (secondary N) is 2. The minimum absolute atomic E-state index is 0.185. The van der Waals surface area contributed by atoms with Gasteiger partial charge in [-0.2, -0.15) is 4.98 Å². The van der Waals surface area contributed by atoms with E-state index >= 15 is 0 Å². The number of fused-ring (bicyclic) bond motifs is 2. The maximum absolute atomic E-state index is 12.8. The third-order valence-electron chi connectivity index (χ3n) is 5.53. The molecule has 2 N–H and O–H groups in total. The lowest BCUT2D eigenvalue weighted by molar-refractivity contribution is -0.117. The van der Waals surface area contributed by atoms with Crippen LogP contribution in [-0.2, 0) is 4.79 Å². The van der Waals surface area contributed by atoms with Crippen LogP contribution >= 0.6 is 0 Å². The van der Waals surface area contributed by atoms with E-state index in [9.17, 15) is 4.79 Å². The van der Waals surface area contributed by atoms with Gasteiger partial charge in [-0.05, 0) is 47.5 Å². The highest BCUT2D eigenvalue weighted by Gasteiger charge is 2.18. The summed E-state index contributed by atoms with van der Waals surface area (Å²) in [7, 11) is 1.65. The molecule has 32 heavy (non-hydrogen) atoms. The molecule has 0 saturated carbocycles. The molecule has 1 atom stereocenters. The number of ether oxygens (including phenoxy) is 1. The quantitative estimate of drug-likeness (QED) is 0.418. The zero-order chi connectivity index (χ0) is 22.1. The first kappa shape index (κ1) is 19.7. The fraction of sp³-hybridized carbons (Fsp3) is 0.120. The second-order valence-electron chi connectivity index (χ2n) is 7.58. The topological polar surface area (TPSA) is 92.8 Å². The largest absolute Gasteiger partial charge is 0.497 e. The van der Waals surface area contributed by atoms with Gasteiger partial charge in [0.05, 0.1) is 18.5 Å². The van der Waals surface area contributed by atoms with Crippen LogP contribution in [0.1, 0.15) is 18.4 Å². The maximum atomic E-state index is 12.8. The molecule has 0 radical (unpaired) electrons. The van der Waals surface area contributed by atoms with Crippen molar-refractivity contribution in [2.75, 3.05) is 12.4 Å². The van der Waals surface area contributed by atoms with Crippen LogP contribution in [0.4, 0.5) is 5.95 Å². The van der Waals surface area contributed by atoms with E-state index in [1.165, 1.54) is 0 Å². The lowest BCUT2D eigenvalue weighted by Gasteiger charge is -2.12. The van der Waals surface area contributed by atoms with Crippen LogP contribution in [0.2, 0.25) is 0 Å². The van der Waals surface area contributed by atoms with Crippen molar-refractivity contribution in [3.8, 4) is 17.3 Å². The fourth-order valence-electron chi connectivity index (χ4n) is 3.64. The summed E-state index contributed by atoms with van der Waals surface area (Å²) in [4.78, 5) is 21.8. The van der Waals surface area contributed by atoms with E-state index in [-0.39, 0.29) is 17.8 Å². The Kier molecular flexibility index (Phi) is 4.99. The third kappa shape index (κ3) is 3.76. The van der Waals surface area contributed by atoms with Crippen molar-refractivity contribution in [2.45, 2.75) is 12.8 Å². The number of pyridine rings is 1. The number of carbonyl (C=O) groups is 1. The molecule has 0 saturated heterocycles. The van der Waals surface area contributed by atoms with E-state index in [4.69, 9.17) is 4.74 Å². The van der Waals surface area contributed by atoms with Gasteiger partial charge < -0.3 is 4.74 Å². The number of anilines is 1. The van der Waals surface area contributed by atoms with Crippen LogP contribution in [0.5, 0.6) is 5.75 Å². The minimum atomic E-state index is -0.373. The average molecular weight is 423 g/mol. The number of aromatic amines is 1. The number of benzene rings is 3. The lowest BCUT2D eigenvalue weighted by atomic mass is 9.97. The average Bonchev–Trinajstić information content (AvgIpc) is 3.31. The zero-order valence-corrected chi connectivity index (χ0v) is 17.7. The molecule has 2 aromatic heterocycles. The van der Waals surface area contributed by atoms with E-state index in [1.54, 1.807) is 7.11 Å². The Labute approximate surface area is 184 Å². The Morgan fingerprint density at radius 2 is 1.72 bits per heavy atom. The first-order valence-electron chi connectivity index (χ1n) is 10.3. The summed E-state index contributed by atoms with van der Waals surface area (Å²) in [5, 5.41) is 12.9. The smallest absolute Gasteiger partial charge is 0.249 e. The van der Waals surface area contributed by atoms with Gasteiger partial charge in [0.25, 0.3) is 0 Å². The number of nitrogens with zero attached hydrogens (tertiary/aromatic N) is 3. The predicted molar refractivity (Wildman–Crippen MR) is 125 cm³/mol. The number of methoxy groups -OCH3 is 1. The van der Waals surface area contributed by atoms with Crippen molar-refractivity contribution in [3.05, 3.63) is 78.4 Å². The normalized spacial score (nSPS) is 12.1. The van der Waals surface area contributed by atoms with E-state index in [0.29, 0.717) is 11.5 Å². The molecular formula is C25H21N5O2. The summed E-state index contributed by atoms with van der Waals surface area (Å²) >= 11 is 0. The van der Waals surface area contributed by atoms with Gasteiger partial charge in [-0.1, -0.05) is 48.5 Å². The molecule has 5 rings (SSSR count). The number of H-pyrrole nitrogens is 1. The molecule has 0 unspecified atom stereocenters. The molecule has 0 spiro atoms. The van der Waals surface area contributed by atoms with Crippen LogP contribution in [0, 0.1) is 0 Å². The molecule has 7 nitrogen and oxygen atoms in total. The van der Waals surface area contributed by atoms with Gasteiger partial charge in [-0.3, -0.25) is 15.2 Å². The Morgan fingerprint density at radius 1 is 0.938 bits per heavy atom. The molecule has 1 amide bonds. The second-order valence-corrected chi connectivity index (χ2v) is 7.58. The van der Waals surface area contributed by atoms with Crippen LogP contribution in [0.25, 0.3) is 33.2 Å². The van der Waals surface area contributed by atoms with Gasteiger partial charge >= 0.3 is 0 Å². The molecule has 7 heteroatoms. The maximum Gasteiger partial charge on any atom is 0.249 e. The number of hydrogen-bond donors (Lipinski definition) is 2. The summed E-state index contributed by atoms with van der Waals surface area (Å²) in [6.07, 6.45) is 0. The number of rotatable bonds is 5. The van der Waals surface area contributed by atoms with Crippen LogP contribution in [0.3, 0.4) is 0 Å². The number of aromatic nitrogens is 4. The monoisotopic (exact) mass is 423 g/mol. The number of hydrogen-bond acceptors (Lipinski definition) is 5. The molecule has 158 valence electrons. The molecular weight excluding hydrogens is 402 g/mol. The molecule has 2 heterocycles. The number of amides is 1. The summed E-state index contributed by atoms with van der Waals surface area (Å²) in [5.41, 5.74) is 2.44. The van der Waals surface area contributed by atoms with Gasteiger partial charge in [0.1, 0.15) is 11.4 Å². The summed E-state index contributed by atoms with van der Waals surface area (Å²) in [6.45, 7) is 1.86. The van der Waals surface area contributed by atoms with Crippen molar-refractivity contribution >= 4 is 33.5 Å². The summed E-state index contributed by atoms with van der Waals surface area (Å²) in [6, 6.07) is 23.5. The van der Waals surface area contributed by atoms with Crippen molar-refractivity contribution in [3.63, 3.8) is 0 Å². The highest BCUT2D eigenvalue weighted by Crippen LogP contribution is 2.26. The Bertz CT molecular complexity index is 1440. The standard InChI is InChI=1S/C25H21N5O2/c1-15(17-7-8-19-14-20(32-2)11-9-18(19)13-17)24(31)28-25-27-23(29-30-25)22-12-10-16-5-3-4-6-21(16)26-22/h3-15H,1-2H3,(H2,27,28,29,30,31)/t15-/m0/s1. The SMILES string of the molecule is COc1ccc2cc([C@H](C)C(=O)Nc3n[nH]c(-c4ccc5ccccc5n4)n3)ccc2c1. The number of carbonyl (C=O) groups excluding carboxylic acids is 1. The van der Waals surface area contributed by atoms with Crippen molar-refractivity contribution < 1.29 is 9.53 Å². The Morgan fingerprint density at radius 3 is 2.59 bits per heavy atom. The molecule has 5 aromatic rings. The molecule has 0 aliphatic heterocycles. The van der Waals surface area contributed by atoms with Crippen molar-refractivity contribution in [1.82, 2.24) is 20.2 Å². The Hall–Kier alpha value is -4.26.